The van der Waals surface area contributed by atoms with Crippen molar-refractivity contribution >= 4 is 33.4 Å². The Kier molecular flexibility index (Phi) is 3.86. The van der Waals surface area contributed by atoms with Gasteiger partial charge in [0.05, 0.1) is 11.3 Å². The van der Waals surface area contributed by atoms with E-state index in [1.807, 2.05) is 0 Å². The van der Waals surface area contributed by atoms with Gasteiger partial charge in [-0.1, -0.05) is 17.7 Å². The molecule has 1 aliphatic heterocycles. The summed E-state index contributed by atoms with van der Waals surface area (Å²) >= 11 is 5.89. The van der Waals surface area contributed by atoms with E-state index in [1.165, 1.54) is 19.2 Å². The number of amides is 2. The molecule has 0 unspecified atom stereocenters. The number of benzene rings is 1. The van der Waals surface area contributed by atoms with Gasteiger partial charge >= 0.3 is 0 Å². The van der Waals surface area contributed by atoms with E-state index >= 15 is 0 Å². The smallest absolute Gasteiger partial charge is 0.247 e. The number of carbonyl (C=O) groups is 2. The van der Waals surface area contributed by atoms with Crippen molar-refractivity contribution < 1.29 is 18.0 Å². The number of sulfonamides is 1. The highest BCUT2D eigenvalue weighted by molar-refractivity contribution is 7.89. The van der Waals surface area contributed by atoms with Gasteiger partial charge in [0.1, 0.15) is 6.04 Å². The number of hydrogen-bond acceptors (Lipinski definition) is 4. The van der Waals surface area contributed by atoms with E-state index in [0.29, 0.717) is 10.6 Å². The zero-order chi connectivity index (χ0) is 15.1. The molecule has 1 saturated heterocycles. The third-order valence-corrected chi connectivity index (χ3v) is 5.21. The maximum absolute atomic E-state index is 12.3. The van der Waals surface area contributed by atoms with Crippen molar-refractivity contribution in [2.75, 3.05) is 7.05 Å². The van der Waals surface area contributed by atoms with Crippen LogP contribution in [-0.4, -0.2) is 38.2 Å². The van der Waals surface area contributed by atoms with Crippen LogP contribution in [-0.2, 0) is 19.6 Å². The van der Waals surface area contributed by atoms with Crippen LogP contribution in [0.3, 0.4) is 0 Å². The maximum Gasteiger partial charge on any atom is 0.247 e. The van der Waals surface area contributed by atoms with Crippen molar-refractivity contribution in [2.45, 2.75) is 24.3 Å². The van der Waals surface area contributed by atoms with Crippen LogP contribution in [0.25, 0.3) is 0 Å². The molecule has 1 aromatic rings. The summed E-state index contributed by atoms with van der Waals surface area (Å²) in [6.45, 7) is 1.57. The Bertz CT molecular complexity index is 687. The Morgan fingerprint density at radius 2 is 2.00 bits per heavy atom. The van der Waals surface area contributed by atoms with Gasteiger partial charge in [-0.05, 0) is 24.6 Å². The number of likely N-dealkylation sites (N-methyl/N-ethyl adjacent to an activating group) is 1. The van der Waals surface area contributed by atoms with Crippen molar-refractivity contribution in [2.24, 2.45) is 0 Å². The lowest BCUT2D eigenvalue weighted by molar-refractivity contribution is -0.137. The van der Waals surface area contributed by atoms with Crippen LogP contribution in [0.1, 0.15) is 12.0 Å². The first-order valence-electron chi connectivity index (χ1n) is 5.82. The normalized spacial score (nSPS) is 19.8. The van der Waals surface area contributed by atoms with Crippen LogP contribution in [0.15, 0.2) is 23.1 Å². The lowest BCUT2D eigenvalue weighted by Crippen LogP contribution is -2.40. The Labute approximate surface area is 121 Å². The molecule has 0 aliphatic carbocycles. The predicted octanol–water partition coefficient (Wildman–Crippen LogP) is 0.684. The minimum absolute atomic E-state index is 0.000183. The van der Waals surface area contributed by atoms with E-state index in [1.54, 1.807) is 13.0 Å². The molecule has 1 aromatic carbocycles. The maximum atomic E-state index is 12.3. The first kappa shape index (κ1) is 15.0. The molecule has 6 nitrogen and oxygen atoms in total. The molecule has 1 N–H and O–H groups in total. The number of likely N-dealkylation sites (tertiary alicyclic amines) is 1. The van der Waals surface area contributed by atoms with E-state index in [9.17, 15) is 18.0 Å². The SMILES string of the molecule is Cc1c(Cl)cccc1S(=O)(=O)N[C@@H]1CC(=O)N(C)C1=O. The number of imide groups is 1. The number of nitrogens with zero attached hydrogens (tertiary/aromatic N) is 1. The second kappa shape index (κ2) is 5.16. The van der Waals surface area contributed by atoms with E-state index in [2.05, 4.69) is 4.72 Å². The molecule has 20 heavy (non-hydrogen) atoms. The highest BCUT2D eigenvalue weighted by Gasteiger charge is 2.38. The standard InChI is InChI=1S/C12H13ClN2O4S/c1-7-8(13)4-3-5-10(7)20(18,19)14-9-6-11(16)15(2)12(9)17/h3-5,9,14H,6H2,1-2H3/t9-/m1/s1. The molecule has 0 aromatic heterocycles. The fourth-order valence-electron chi connectivity index (χ4n) is 1.98. The first-order valence-corrected chi connectivity index (χ1v) is 7.68. The number of hydrogen-bond donors (Lipinski definition) is 1. The fraction of sp³-hybridized carbons (Fsp3) is 0.333. The molecule has 2 rings (SSSR count). The summed E-state index contributed by atoms with van der Waals surface area (Å²) < 4.78 is 26.8. The van der Waals surface area contributed by atoms with Crippen molar-refractivity contribution in [1.29, 1.82) is 0 Å². The van der Waals surface area contributed by atoms with Crippen LogP contribution in [0.4, 0.5) is 0 Å². The third-order valence-electron chi connectivity index (χ3n) is 3.19. The number of nitrogens with one attached hydrogen (secondary N) is 1. The highest BCUT2D eigenvalue weighted by Crippen LogP contribution is 2.23. The number of carbonyl (C=O) groups excluding carboxylic acids is 2. The van der Waals surface area contributed by atoms with Gasteiger partial charge in [-0.2, -0.15) is 4.72 Å². The van der Waals surface area contributed by atoms with Crippen LogP contribution in [0.5, 0.6) is 0 Å². The molecule has 0 radical (unpaired) electrons. The molecule has 1 aliphatic rings. The van der Waals surface area contributed by atoms with E-state index in [0.717, 1.165) is 4.90 Å². The van der Waals surface area contributed by atoms with E-state index < -0.39 is 27.9 Å². The molecule has 1 atom stereocenters. The predicted molar refractivity (Wildman–Crippen MR) is 72.7 cm³/mol. The monoisotopic (exact) mass is 316 g/mol. The molecule has 108 valence electrons. The lowest BCUT2D eigenvalue weighted by Gasteiger charge is -2.13. The van der Waals surface area contributed by atoms with Gasteiger partial charge in [-0.25, -0.2) is 8.42 Å². The van der Waals surface area contributed by atoms with Crippen LogP contribution >= 0.6 is 11.6 Å². The molecule has 0 spiro atoms. The van der Waals surface area contributed by atoms with Crippen molar-refractivity contribution in [3.05, 3.63) is 28.8 Å². The van der Waals surface area contributed by atoms with Gasteiger partial charge in [0.2, 0.25) is 21.8 Å². The quantitative estimate of drug-likeness (QED) is 0.831. The Balaban J connectivity index is 2.31. The Morgan fingerprint density at radius 1 is 1.35 bits per heavy atom. The summed E-state index contributed by atoms with van der Waals surface area (Å²) in [7, 11) is -2.59. The average molecular weight is 317 g/mol. The average Bonchev–Trinajstić information content (AvgIpc) is 2.60. The molecular formula is C12H13ClN2O4S. The van der Waals surface area contributed by atoms with Crippen LogP contribution in [0.2, 0.25) is 5.02 Å². The summed E-state index contributed by atoms with van der Waals surface area (Å²) in [5.74, 6) is -0.969. The van der Waals surface area contributed by atoms with E-state index in [4.69, 9.17) is 11.6 Å². The largest absolute Gasteiger partial charge is 0.284 e. The Hall–Kier alpha value is -1.44. The Morgan fingerprint density at radius 3 is 2.55 bits per heavy atom. The summed E-state index contributed by atoms with van der Waals surface area (Å²) in [6.07, 6.45) is -0.172. The minimum atomic E-state index is -3.91. The molecule has 8 heteroatoms. The van der Waals surface area contributed by atoms with Gasteiger partial charge in [0.25, 0.3) is 0 Å². The topological polar surface area (TPSA) is 83.6 Å². The van der Waals surface area contributed by atoms with Crippen molar-refractivity contribution in [3.8, 4) is 0 Å². The van der Waals surface area contributed by atoms with Gasteiger partial charge in [0, 0.05) is 12.1 Å². The van der Waals surface area contributed by atoms with Crippen molar-refractivity contribution in [3.63, 3.8) is 0 Å². The zero-order valence-electron chi connectivity index (χ0n) is 10.9. The molecule has 0 bridgehead atoms. The molecule has 1 fully saturated rings. The number of halogens is 1. The summed E-state index contributed by atoms with van der Waals surface area (Å²) in [5.41, 5.74) is 0.395. The number of rotatable bonds is 3. The first-order chi connectivity index (χ1) is 9.24. The fourth-order valence-corrected chi connectivity index (χ4v) is 3.66. The van der Waals surface area contributed by atoms with Gasteiger partial charge < -0.3 is 0 Å². The van der Waals surface area contributed by atoms with Crippen molar-refractivity contribution in [1.82, 2.24) is 9.62 Å². The molecule has 0 saturated carbocycles. The van der Waals surface area contributed by atoms with E-state index in [-0.39, 0.29) is 11.3 Å². The highest BCUT2D eigenvalue weighted by atomic mass is 35.5. The van der Waals surface area contributed by atoms with Gasteiger partial charge in [-0.15, -0.1) is 0 Å². The molecule has 2 amide bonds. The lowest BCUT2D eigenvalue weighted by atomic mass is 10.2. The zero-order valence-corrected chi connectivity index (χ0v) is 12.5. The minimum Gasteiger partial charge on any atom is -0.284 e. The van der Waals surface area contributed by atoms with Crippen LogP contribution in [0, 0.1) is 6.92 Å². The van der Waals surface area contributed by atoms with Gasteiger partial charge in [0.15, 0.2) is 0 Å². The van der Waals surface area contributed by atoms with Crippen LogP contribution < -0.4 is 4.72 Å². The summed E-state index contributed by atoms with van der Waals surface area (Å²) in [5, 5.41) is 0.318. The van der Waals surface area contributed by atoms with Gasteiger partial charge in [-0.3, -0.25) is 14.5 Å². The summed E-state index contributed by atoms with van der Waals surface area (Å²) in [6, 6.07) is 3.43. The second-order valence-corrected chi connectivity index (χ2v) is 6.62. The molecule has 1 heterocycles. The second-order valence-electron chi connectivity index (χ2n) is 4.53. The molecular weight excluding hydrogens is 304 g/mol. The third kappa shape index (κ3) is 2.56. The summed E-state index contributed by atoms with van der Waals surface area (Å²) in [4.78, 5) is 24.0.